The van der Waals surface area contributed by atoms with Crippen molar-refractivity contribution in [1.82, 2.24) is 0 Å². The van der Waals surface area contributed by atoms with Crippen LogP contribution < -0.4 is 0 Å². The average Bonchev–Trinajstić information content (AvgIpc) is 2.55. The van der Waals surface area contributed by atoms with Crippen molar-refractivity contribution in [1.29, 1.82) is 0 Å². The van der Waals surface area contributed by atoms with Gasteiger partial charge < -0.3 is 5.11 Å². The highest BCUT2D eigenvalue weighted by Gasteiger charge is 2.10. The maximum absolute atomic E-state index is 10.6. The van der Waals surface area contributed by atoms with Gasteiger partial charge in [-0.1, -0.05) is 23.2 Å². The average molecular weight is 261 g/mol. The smallest absolute Gasteiger partial charge is 0.308 e. The molecule has 78 valence electrons. The number of carbonyl (C=O) groups is 1. The monoisotopic (exact) mass is 260 g/mol. The Kier molecular flexibility index (Phi) is 2.87. The predicted molar refractivity (Wildman–Crippen MR) is 63.2 cm³/mol. The minimum absolute atomic E-state index is 0.00596. The lowest BCUT2D eigenvalue weighted by Crippen LogP contribution is -1.96. The lowest BCUT2D eigenvalue weighted by molar-refractivity contribution is -0.136. The van der Waals surface area contributed by atoms with Crippen LogP contribution in [0.15, 0.2) is 18.2 Å². The molecule has 1 aromatic heterocycles. The molecule has 0 aliphatic rings. The number of thiophene rings is 1. The summed E-state index contributed by atoms with van der Waals surface area (Å²) in [6.45, 7) is 0. The fourth-order valence-corrected chi connectivity index (χ4v) is 2.97. The molecule has 2 rings (SSSR count). The van der Waals surface area contributed by atoms with Gasteiger partial charge in [0.05, 0.1) is 16.1 Å². The van der Waals surface area contributed by atoms with Gasteiger partial charge in [-0.15, -0.1) is 11.3 Å². The number of halogens is 2. The molecule has 0 atom stereocenters. The molecule has 1 aromatic carbocycles. The summed E-state index contributed by atoms with van der Waals surface area (Å²) in [5, 5.41) is 10.7. The first-order valence-corrected chi connectivity index (χ1v) is 5.73. The highest BCUT2D eigenvalue weighted by Crippen LogP contribution is 2.36. The Balaban J connectivity index is 2.59. The number of aliphatic carboxylic acids is 1. The van der Waals surface area contributed by atoms with Crippen molar-refractivity contribution >= 4 is 50.6 Å². The number of rotatable bonds is 2. The molecule has 2 nitrogen and oxygen atoms in total. The van der Waals surface area contributed by atoms with Crippen molar-refractivity contribution in [2.24, 2.45) is 0 Å². The zero-order valence-electron chi connectivity index (χ0n) is 7.46. The van der Waals surface area contributed by atoms with Gasteiger partial charge in [0.1, 0.15) is 0 Å². The van der Waals surface area contributed by atoms with Gasteiger partial charge in [0.25, 0.3) is 0 Å². The fraction of sp³-hybridized carbons (Fsp3) is 0.100. The Labute approximate surface area is 100 Å². The maximum atomic E-state index is 10.6. The molecule has 5 heteroatoms. The van der Waals surface area contributed by atoms with Crippen LogP contribution in [0.4, 0.5) is 0 Å². The Hall–Kier alpha value is -0.770. The van der Waals surface area contributed by atoms with Gasteiger partial charge in [0.2, 0.25) is 0 Å². The van der Waals surface area contributed by atoms with E-state index in [1.165, 1.54) is 11.3 Å². The van der Waals surface area contributed by atoms with E-state index in [1.807, 2.05) is 0 Å². The Bertz CT molecular complexity index is 494. The van der Waals surface area contributed by atoms with Gasteiger partial charge >= 0.3 is 5.97 Å². The van der Waals surface area contributed by atoms with Gasteiger partial charge in [-0.05, 0) is 18.2 Å². The topological polar surface area (TPSA) is 37.3 Å². The quantitative estimate of drug-likeness (QED) is 0.891. The molecule has 15 heavy (non-hydrogen) atoms. The molecular formula is C10H6Cl2O2S. The van der Waals surface area contributed by atoms with E-state index in [0.29, 0.717) is 10.0 Å². The summed E-state index contributed by atoms with van der Waals surface area (Å²) in [5.74, 6) is -0.853. The molecule has 0 radical (unpaired) electrons. The van der Waals surface area contributed by atoms with E-state index in [0.717, 1.165) is 15.0 Å². The molecule has 0 saturated carbocycles. The van der Waals surface area contributed by atoms with E-state index in [4.69, 9.17) is 28.3 Å². The fourth-order valence-electron chi connectivity index (χ4n) is 1.34. The van der Waals surface area contributed by atoms with Crippen LogP contribution in [-0.4, -0.2) is 11.1 Å². The van der Waals surface area contributed by atoms with Crippen LogP contribution in [0, 0.1) is 0 Å². The summed E-state index contributed by atoms with van der Waals surface area (Å²) < 4.78 is 0.848. The SMILES string of the molecule is O=C(O)Cc1cc2c(Cl)ccc(Cl)c2s1. The predicted octanol–water partition coefficient (Wildman–Crippen LogP) is 3.84. The number of carboxylic acids is 1. The third kappa shape index (κ3) is 2.09. The lowest BCUT2D eigenvalue weighted by Gasteiger charge is -1.94. The number of benzene rings is 1. The minimum atomic E-state index is -0.853. The van der Waals surface area contributed by atoms with E-state index in [9.17, 15) is 4.79 Å². The zero-order chi connectivity index (χ0) is 11.0. The van der Waals surface area contributed by atoms with Crippen LogP contribution in [0.2, 0.25) is 10.0 Å². The van der Waals surface area contributed by atoms with Gasteiger partial charge in [-0.3, -0.25) is 4.79 Å². The molecule has 0 amide bonds. The Morgan fingerprint density at radius 3 is 2.60 bits per heavy atom. The van der Waals surface area contributed by atoms with Gasteiger partial charge in [0.15, 0.2) is 0 Å². The number of carboxylic acid groups (broad SMARTS) is 1. The number of hydrogen-bond donors (Lipinski definition) is 1. The largest absolute Gasteiger partial charge is 0.481 e. The van der Waals surface area contributed by atoms with E-state index in [2.05, 4.69) is 0 Å². The first kappa shape index (κ1) is 10.7. The van der Waals surface area contributed by atoms with Gasteiger partial charge in [-0.2, -0.15) is 0 Å². The second-order valence-electron chi connectivity index (χ2n) is 3.06. The maximum Gasteiger partial charge on any atom is 0.308 e. The van der Waals surface area contributed by atoms with Crippen molar-refractivity contribution in [3.63, 3.8) is 0 Å². The summed E-state index contributed by atoms with van der Waals surface area (Å²) in [5.41, 5.74) is 0. The third-order valence-corrected chi connectivity index (χ3v) is 3.88. The molecule has 0 saturated heterocycles. The highest BCUT2D eigenvalue weighted by molar-refractivity contribution is 7.19. The summed E-state index contributed by atoms with van der Waals surface area (Å²) >= 11 is 13.3. The van der Waals surface area contributed by atoms with E-state index >= 15 is 0 Å². The van der Waals surface area contributed by atoms with Gasteiger partial charge in [-0.25, -0.2) is 0 Å². The standard InChI is InChI=1S/C10H6Cl2O2S/c11-7-1-2-8(12)10-6(7)3-5(15-10)4-9(13)14/h1-3H,4H2,(H,13,14). The van der Waals surface area contributed by atoms with Crippen LogP contribution >= 0.6 is 34.5 Å². The molecule has 0 spiro atoms. The van der Waals surface area contributed by atoms with Crippen molar-refractivity contribution in [2.75, 3.05) is 0 Å². The zero-order valence-corrected chi connectivity index (χ0v) is 9.79. The molecule has 2 aromatic rings. The molecule has 1 N–H and O–H groups in total. The molecule has 0 unspecified atom stereocenters. The van der Waals surface area contributed by atoms with Crippen molar-refractivity contribution in [3.05, 3.63) is 33.1 Å². The second-order valence-corrected chi connectivity index (χ2v) is 5.01. The Morgan fingerprint density at radius 1 is 1.33 bits per heavy atom. The van der Waals surface area contributed by atoms with E-state index in [-0.39, 0.29) is 6.42 Å². The van der Waals surface area contributed by atoms with E-state index < -0.39 is 5.97 Å². The van der Waals surface area contributed by atoms with Crippen LogP contribution in [-0.2, 0) is 11.2 Å². The lowest BCUT2D eigenvalue weighted by atomic mass is 10.2. The van der Waals surface area contributed by atoms with Crippen molar-refractivity contribution in [2.45, 2.75) is 6.42 Å². The molecular weight excluding hydrogens is 255 g/mol. The van der Waals surface area contributed by atoms with Gasteiger partial charge in [0, 0.05) is 15.3 Å². The molecule has 0 bridgehead atoms. The van der Waals surface area contributed by atoms with Crippen LogP contribution in [0.25, 0.3) is 10.1 Å². The summed E-state index contributed by atoms with van der Waals surface area (Å²) in [4.78, 5) is 11.3. The van der Waals surface area contributed by atoms with E-state index in [1.54, 1.807) is 18.2 Å². The second kappa shape index (κ2) is 4.00. The number of fused-ring (bicyclic) bond motifs is 1. The molecule has 1 heterocycles. The van der Waals surface area contributed by atoms with Crippen LogP contribution in [0.1, 0.15) is 4.88 Å². The summed E-state index contributed by atoms with van der Waals surface area (Å²) in [7, 11) is 0. The summed E-state index contributed by atoms with van der Waals surface area (Å²) in [6.07, 6.45) is 0.00596. The van der Waals surface area contributed by atoms with Crippen LogP contribution in [0.5, 0.6) is 0 Å². The van der Waals surface area contributed by atoms with Crippen LogP contribution in [0.3, 0.4) is 0 Å². The summed E-state index contributed by atoms with van der Waals surface area (Å²) in [6, 6.07) is 5.21. The van der Waals surface area contributed by atoms with Crippen molar-refractivity contribution in [3.8, 4) is 0 Å². The minimum Gasteiger partial charge on any atom is -0.481 e. The number of hydrogen-bond acceptors (Lipinski definition) is 2. The normalized spacial score (nSPS) is 10.8. The first-order valence-electron chi connectivity index (χ1n) is 4.16. The molecule has 0 aliphatic carbocycles. The third-order valence-electron chi connectivity index (χ3n) is 1.96. The first-order chi connectivity index (χ1) is 7.08. The highest BCUT2D eigenvalue weighted by atomic mass is 35.5. The molecule has 0 aliphatic heterocycles. The Morgan fingerprint density at radius 2 is 2.00 bits per heavy atom. The molecule has 0 fully saturated rings. The van der Waals surface area contributed by atoms with Crippen molar-refractivity contribution < 1.29 is 9.90 Å².